The van der Waals surface area contributed by atoms with Gasteiger partial charge in [0, 0.05) is 6.42 Å². The van der Waals surface area contributed by atoms with Gasteiger partial charge in [0.1, 0.15) is 0 Å². The van der Waals surface area contributed by atoms with Gasteiger partial charge in [0.2, 0.25) is 0 Å². The molecule has 0 unspecified atom stereocenters. The summed E-state index contributed by atoms with van der Waals surface area (Å²) in [6, 6.07) is 13.4. The van der Waals surface area contributed by atoms with Gasteiger partial charge in [-0.05, 0) is 56.0 Å². The third kappa shape index (κ3) is 5.78. The Balaban J connectivity index is 1.34. The van der Waals surface area contributed by atoms with Crippen molar-refractivity contribution in [3.63, 3.8) is 0 Å². The van der Waals surface area contributed by atoms with E-state index in [4.69, 9.17) is 16.3 Å². The summed E-state index contributed by atoms with van der Waals surface area (Å²) < 4.78 is 6.21. The van der Waals surface area contributed by atoms with E-state index in [-0.39, 0.29) is 19.0 Å². The summed E-state index contributed by atoms with van der Waals surface area (Å²) in [6.07, 6.45) is 2.66. The number of amides is 1. The van der Waals surface area contributed by atoms with Crippen molar-refractivity contribution in [3.05, 3.63) is 58.1 Å². The average molecular weight is 417 g/mol. The highest BCUT2D eigenvalue weighted by Crippen LogP contribution is 2.23. The summed E-state index contributed by atoms with van der Waals surface area (Å²) in [4.78, 5) is 28.3. The predicted octanol–water partition coefficient (Wildman–Crippen LogP) is 5.15. The number of halogens is 1. The Kier molecular flexibility index (Phi) is 7.01. The molecule has 7 heteroatoms. The van der Waals surface area contributed by atoms with Crippen LogP contribution < -0.4 is 5.32 Å². The summed E-state index contributed by atoms with van der Waals surface area (Å²) in [5.74, 6) is -0.789. The fraction of sp³-hybridized carbons (Fsp3) is 0.286. The number of unbranched alkanes of at least 4 members (excludes halogenated alkanes) is 1. The first-order valence-corrected chi connectivity index (χ1v) is 10.3. The van der Waals surface area contributed by atoms with Gasteiger partial charge >= 0.3 is 5.97 Å². The molecule has 0 atom stereocenters. The van der Waals surface area contributed by atoms with Gasteiger partial charge in [-0.2, -0.15) is 0 Å². The standard InChI is InChI=1S/C21H21ClN2O3S/c1-14-10-11-16(15(22)12-14)23-19(25)13-27-21(26)9-5-4-8-20-24-17-6-2-3-7-18(17)28-20/h2-3,6-7,10-12H,4-5,8-9,13H2,1H3,(H,23,25). The number of rotatable bonds is 8. The Labute approximate surface area is 172 Å². The van der Waals surface area contributed by atoms with Crippen LogP contribution in [0.5, 0.6) is 0 Å². The quantitative estimate of drug-likeness (QED) is 0.407. The zero-order valence-corrected chi connectivity index (χ0v) is 17.1. The van der Waals surface area contributed by atoms with Crippen LogP contribution >= 0.6 is 22.9 Å². The molecule has 0 aliphatic carbocycles. The van der Waals surface area contributed by atoms with Gasteiger partial charge in [-0.1, -0.05) is 29.8 Å². The largest absolute Gasteiger partial charge is 0.456 e. The summed E-state index contributed by atoms with van der Waals surface area (Å²) in [5.41, 5.74) is 2.52. The second-order valence-electron chi connectivity index (χ2n) is 6.47. The van der Waals surface area contributed by atoms with Crippen molar-refractivity contribution in [2.45, 2.75) is 32.6 Å². The van der Waals surface area contributed by atoms with Gasteiger partial charge in [-0.25, -0.2) is 4.98 Å². The zero-order chi connectivity index (χ0) is 19.9. The second kappa shape index (κ2) is 9.66. The number of nitrogens with zero attached hydrogens (tertiary/aromatic N) is 1. The Bertz CT molecular complexity index is 954. The van der Waals surface area contributed by atoms with Crippen molar-refractivity contribution in [1.82, 2.24) is 4.98 Å². The van der Waals surface area contributed by atoms with E-state index in [9.17, 15) is 9.59 Å². The minimum atomic E-state index is -0.409. The summed E-state index contributed by atoms with van der Waals surface area (Å²) in [5, 5.41) is 4.17. The van der Waals surface area contributed by atoms with E-state index in [1.165, 1.54) is 4.70 Å². The SMILES string of the molecule is Cc1ccc(NC(=O)COC(=O)CCCCc2nc3ccccc3s2)c(Cl)c1. The fourth-order valence-electron chi connectivity index (χ4n) is 2.70. The van der Waals surface area contributed by atoms with Crippen molar-refractivity contribution >= 4 is 50.7 Å². The molecule has 2 aromatic carbocycles. The normalized spacial score (nSPS) is 10.8. The molecule has 28 heavy (non-hydrogen) atoms. The van der Waals surface area contributed by atoms with Crippen molar-refractivity contribution in [3.8, 4) is 0 Å². The van der Waals surface area contributed by atoms with E-state index in [2.05, 4.69) is 16.4 Å². The van der Waals surface area contributed by atoms with Gasteiger partial charge in [0.25, 0.3) is 5.91 Å². The van der Waals surface area contributed by atoms with Crippen molar-refractivity contribution < 1.29 is 14.3 Å². The predicted molar refractivity (Wildman–Crippen MR) is 113 cm³/mol. The molecular weight excluding hydrogens is 396 g/mol. The van der Waals surface area contributed by atoms with Crippen LogP contribution in [0, 0.1) is 6.92 Å². The van der Waals surface area contributed by atoms with E-state index >= 15 is 0 Å². The molecule has 3 aromatic rings. The number of hydrogen-bond acceptors (Lipinski definition) is 5. The number of thiazole rings is 1. The topological polar surface area (TPSA) is 68.3 Å². The molecule has 1 amide bonds. The van der Waals surface area contributed by atoms with Crippen LogP contribution in [0.1, 0.15) is 29.8 Å². The molecule has 0 saturated carbocycles. The van der Waals surface area contributed by atoms with Gasteiger partial charge < -0.3 is 10.1 Å². The van der Waals surface area contributed by atoms with Crippen LogP contribution in [0.15, 0.2) is 42.5 Å². The number of hydrogen-bond donors (Lipinski definition) is 1. The highest BCUT2D eigenvalue weighted by atomic mass is 35.5. The first kappa shape index (κ1) is 20.3. The minimum absolute atomic E-state index is 0.281. The van der Waals surface area contributed by atoms with Crippen LogP contribution in [-0.2, 0) is 20.7 Å². The van der Waals surface area contributed by atoms with Crippen LogP contribution in [0.2, 0.25) is 5.02 Å². The number of anilines is 1. The summed E-state index contributed by atoms with van der Waals surface area (Å²) in [6.45, 7) is 1.59. The van der Waals surface area contributed by atoms with Crippen molar-refractivity contribution in [2.24, 2.45) is 0 Å². The fourth-order valence-corrected chi connectivity index (χ4v) is 3.99. The molecule has 1 N–H and O–H groups in total. The average Bonchev–Trinajstić information content (AvgIpc) is 3.09. The first-order valence-electron chi connectivity index (χ1n) is 9.07. The van der Waals surface area contributed by atoms with Gasteiger partial charge in [0.15, 0.2) is 6.61 Å². The number of ether oxygens (including phenoxy) is 1. The summed E-state index contributed by atoms with van der Waals surface area (Å²) in [7, 11) is 0. The molecule has 3 rings (SSSR count). The molecule has 0 spiro atoms. The number of esters is 1. The molecule has 0 saturated heterocycles. The second-order valence-corrected chi connectivity index (χ2v) is 8.00. The van der Waals surface area contributed by atoms with Crippen LogP contribution in [-0.4, -0.2) is 23.5 Å². The van der Waals surface area contributed by atoms with Gasteiger partial charge in [-0.3, -0.25) is 9.59 Å². The van der Waals surface area contributed by atoms with Gasteiger partial charge in [-0.15, -0.1) is 11.3 Å². The maximum absolute atomic E-state index is 11.9. The van der Waals surface area contributed by atoms with E-state index in [1.807, 2.05) is 31.2 Å². The zero-order valence-electron chi connectivity index (χ0n) is 15.5. The molecule has 0 aliphatic rings. The Morgan fingerprint density at radius 2 is 2.00 bits per heavy atom. The molecule has 0 radical (unpaired) electrons. The molecule has 0 fully saturated rings. The highest BCUT2D eigenvalue weighted by Gasteiger charge is 2.10. The molecule has 1 aromatic heterocycles. The smallest absolute Gasteiger partial charge is 0.306 e. The molecular formula is C21H21ClN2O3S. The third-order valence-corrected chi connectivity index (χ3v) is 5.53. The number of carbonyl (C=O) groups is 2. The lowest BCUT2D eigenvalue weighted by Gasteiger charge is -2.08. The van der Waals surface area contributed by atoms with E-state index in [0.29, 0.717) is 17.1 Å². The van der Waals surface area contributed by atoms with E-state index in [0.717, 1.165) is 28.9 Å². The first-order chi connectivity index (χ1) is 13.5. The van der Waals surface area contributed by atoms with Crippen molar-refractivity contribution in [2.75, 3.05) is 11.9 Å². The molecule has 5 nitrogen and oxygen atoms in total. The molecule has 0 aliphatic heterocycles. The Morgan fingerprint density at radius 1 is 1.18 bits per heavy atom. The number of aromatic nitrogens is 1. The number of carbonyl (C=O) groups excluding carboxylic acids is 2. The molecule has 0 bridgehead atoms. The number of benzene rings is 2. The third-order valence-electron chi connectivity index (χ3n) is 4.12. The lowest BCUT2D eigenvalue weighted by molar-refractivity contribution is -0.147. The Hall–Kier alpha value is -2.44. The number of para-hydroxylation sites is 1. The molecule has 1 heterocycles. The van der Waals surface area contributed by atoms with Crippen LogP contribution in [0.25, 0.3) is 10.2 Å². The van der Waals surface area contributed by atoms with Crippen molar-refractivity contribution in [1.29, 1.82) is 0 Å². The lowest BCUT2D eigenvalue weighted by atomic mass is 10.2. The number of aryl methyl sites for hydroxylation is 2. The number of fused-ring (bicyclic) bond motifs is 1. The van der Waals surface area contributed by atoms with Gasteiger partial charge in [0.05, 0.1) is 25.9 Å². The Morgan fingerprint density at radius 3 is 2.79 bits per heavy atom. The maximum Gasteiger partial charge on any atom is 0.306 e. The van der Waals surface area contributed by atoms with E-state index in [1.54, 1.807) is 23.5 Å². The molecule has 146 valence electrons. The number of nitrogens with one attached hydrogen (secondary N) is 1. The van der Waals surface area contributed by atoms with Crippen LogP contribution in [0.4, 0.5) is 5.69 Å². The van der Waals surface area contributed by atoms with E-state index < -0.39 is 5.91 Å². The lowest BCUT2D eigenvalue weighted by Crippen LogP contribution is -2.21. The minimum Gasteiger partial charge on any atom is -0.456 e. The monoisotopic (exact) mass is 416 g/mol. The highest BCUT2D eigenvalue weighted by molar-refractivity contribution is 7.18. The summed E-state index contributed by atoms with van der Waals surface area (Å²) >= 11 is 7.75. The maximum atomic E-state index is 11.9. The van der Waals surface area contributed by atoms with Crippen LogP contribution in [0.3, 0.4) is 0 Å².